The lowest BCUT2D eigenvalue weighted by Gasteiger charge is -2.15. The minimum Gasteiger partial charge on any atom is -0.309 e. The molecule has 1 unspecified atom stereocenters. The minimum atomic E-state index is -4.05. The van der Waals surface area contributed by atoms with Crippen molar-refractivity contribution in [2.75, 3.05) is 0 Å². The molecule has 0 saturated heterocycles. The molecule has 1 aromatic heterocycles. The molecule has 2 nitrogen and oxygen atoms in total. The largest absolute Gasteiger partial charge is 0.389 e. The van der Waals surface area contributed by atoms with Gasteiger partial charge in [-0.25, -0.2) is 0 Å². The molecule has 1 aromatic rings. The van der Waals surface area contributed by atoms with Crippen molar-refractivity contribution in [1.29, 1.82) is 0 Å². The standard InChI is InChI=1S/C14H21F3N2/c1-3-12-7-5-9-18-13(12)10-19-11(2)6-4-8-14(15,16)17/h5,7,9,11,19H,3-4,6,8,10H2,1-2H3. The minimum absolute atomic E-state index is 0.0639. The van der Waals surface area contributed by atoms with Crippen LogP contribution in [0.2, 0.25) is 0 Å². The molecule has 1 N–H and O–H groups in total. The zero-order valence-corrected chi connectivity index (χ0v) is 11.4. The van der Waals surface area contributed by atoms with E-state index in [-0.39, 0.29) is 12.5 Å². The van der Waals surface area contributed by atoms with Crippen LogP contribution < -0.4 is 5.32 Å². The van der Waals surface area contributed by atoms with Gasteiger partial charge in [0.2, 0.25) is 0 Å². The molecular weight excluding hydrogens is 253 g/mol. The molecular formula is C14H21F3N2. The average Bonchev–Trinajstić information content (AvgIpc) is 2.35. The van der Waals surface area contributed by atoms with E-state index in [1.54, 1.807) is 6.20 Å². The second-order valence-corrected chi connectivity index (χ2v) is 4.75. The zero-order chi connectivity index (χ0) is 14.3. The Morgan fingerprint density at radius 3 is 2.74 bits per heavy atom. The van der Waals surface area contributed by atoms with Gasteiger partial charge in [0.05, 0.1) is 5.69 Å². The summed E-state index contributed by atoms with van der Waals surface area (Å²) in [5.74, 6) is 0. The third-order valence-corrected chi connectivity index (χ3v) is 3.08. The second-order valence-electron chi connectivity index (χ2n) is 4.75. The third-order valence-electron chi connectivity index (χ3n) is 3.08. The number of nitrogens with zero attached hydrogens (tertiary/aromatic N) is 1. The highest BCUT2D eigenvalue weighted by atomic mass is 19.4. The highest BCUT2D eigenvalue weighted by Gasteiger charge is 2.26. The molecule has 0 aliphatic carbocycles. The van der Waals surface area contributed by atoms with Crippen molar-refractivity contribution in [2.24, 2.45) is 0 Å². The predicted octanol–water partition coefficient (Wildman–Crippen LogP) is 3.85. The second kappa shape index (κ2) is 7.48. The topological polar surface area (TPSA) is 24.9 Å². The molecule has 0 radical (unpaired) electrons. The van der Waals surface area contributed by atoms with Gasteiger partial charge in [-0.3, -0.25) is 4.98 Å². The van der Waals surface area contributed by atoms with E-state index < -0.39 is 12.6 Å². The number of hydrogen-bond acceptors (Lipinski definition) is 2. The Labute approximate surface area is 112 Å². The summed E-state index contributed by atoms with van der Waals surface area (Å²) in [6.07, 6.45) is -1.41. The maximum atomic E-state index is 12.0. The third kappa shape index (κ3) is 6.57. The molecule has 0 spiro atoms. The van der Waals surface area contributed by atoms with Crippen LogP contribution in [-0.2, 0) is 13.0 Å². The fourth-order valence-electron chi connectivity index (χ4n) is 1.93. The summed E-state index contributed by atoms with van der Waals surface area (Å²) in [5.41, 5.74) is 2.16. The van der Waals surface area contributed by atoms with Crippen LogP contribution in [0.25, 0.3) is 0 Å². The molecule has 108 valence electrons. The highest BCUT2D eigenvalue weighted by Crippen LogP contribution is 2.22. The van der Waals surface area contributed by atoms with Crippen molar-refractivity contribution in [3.05, 3.63) is 29.6 Å². The van der Waals surface area contributed by atoms with Crippen LogP contribution in [0, 0.1) is 0 Å². The maximum Gasteiger partial charge on any atom is 0.389 e. The molecule has 0 aliphatic heterocycles. The fourth-order valence-corrected chi connectivity index (χ4v) is 1.93. The SMILES string of the molecule is CCc1cccnc1CNC(C)CCCC(F)(F)F. The van der Waals surface area contributed by atoms with Gasteiger partial charge < -0.3 is 5.32 Å². The van der Waals surface area contributed by atoms with Crippen molar-refractivity contribution in [1.82, 2.24) is 10.3 Å². The molecule has 5 heteroatoms. The summed E-state index contributed by atoms with van der Waals surface area (Å²) < 4.78 is 36.1. The van der Waals surface area contributed by atoms with Crippen LogP contribution in [0.3, 0.4) is 0 Å². The van der Waals surface area contributed by atoms with Gasteiger partial charge in [-0.2, -0.15) is 13.2 Å². The number of pyridine rings is 1. The molecule has 0 aliphatic rings. The van der Waals surface area contributed by atoms with Gasteiger partial charge in [-0.05, 0) is 37.8 Å². The van der Waals surface area contributed by atoms with Crippen LogP contribution in [0.15, 0.2) is 18.3 Å². The molecule has 1 atom stereocenters. The van der Waals surface area contributed by atoms with E-state index in [2.05, 4.69) is 17.2 Å². The number of aryl methyl sites for hydroxylation is 1. The van der Waals surface area contributed by atoms with E-state index in [4.69, 9.17) is 0 Å². The van der Waals surface area contributed by atoms with Crippen molar-refractivity contribution in [3.63, 3.8) is 0 Å². The number of alkyl halides is 3. The molecule has 0 saturated carbocycles. The summed E-state index contributed by atoms with van der Waals surface area (Å²) >= 11 is 0. The first-order valence-corrected chi connectivity index (χ1v) is 6.65. The van der Waals surface area contributed by atoms with Gasteiger partial charge in [-0.1, -0.05) is 13.0 Å². The predicted molar refractivity (Wildman–Crippen MR) is 69.8 cm³/mol. The van der Waals surface area contributed by atoms with Crippen molar-refractivity contribution >= 4 is 0 Å². The molecule has 1 heterocycles. The van der Waals surface area contributed by atoms with E-state index in [0.717, 1.165) is 12.1 Å². The first-order chi connectivity index (χ1) is 8.92. The van der Waals surface area contributed by atoms with Crippen LogP contribution >= 0.6 is 0 Å². The lowest BCUT2D eigenvalue weighted by atomic mass is 10.1. The van der Waals surface area contributed by atoms with Gasteiger partial charge in [0.1, 0.15) is 0 Å². The van der Waals surface area contributed by atoms with Crippen LogP contribution in [0.5, 0.6) is 0 Å². The van der Waals surface area contributed by atoms with E-state index in [1.807, 2.05) is 19.1 Å². The molecule has 0 amide bonds. The fraction of sp³-hybridized carbons (Fsp3) is 0.643. The summed E-state index contributed by atoms with van der Waals surface area (Å²) in [5, 5.41) is 3.23. The Kier molecular flexibility index (Phi) is 6.28. The van der Waals surface area contributed by atoms with Gasteiger partial charge in [-0.15, -0.1) is 0 Å². The Morgan fingerprint density at radius 2 is 2.11 bits per heavy atom. The van der Waals surface area contributed by atoms with E-state index in [1.165, 1.54) is 5.56 Å². The number of hydrogen-bond donors (Lipinski definition) is 1. The van der Waals surface area contributed by atoms with Gasteiger partial charge in [0.15, 0.2) is 0 Å². The number of nitrogens with one attached hydrogen (secondary N) is 1. The Hall–Kier alpha value is -1.10. The summed E-state index contributed by atoms with van der Waals surface area (Å²) in [6, 6.07) is 3.99. The number of aromatic nitrogens is 1. The lowest BCUT2D eigenvalue weighted by molar-refractivity contribution is -0.135. The first kappa shape index (κ1) is 16.0. The molecule has 1 rings (SSSR count). The smallest absolute Gasteiger partial charge is 0.309 e. The van der Waals surface area contributed by atoms with E-state index >= 15 is 0 Å². The maximum absolute atomic E-state index is 12.0. The monoisotopic (exact) mass is 274 g/mol. The molecule has 0 bridgehead atoms. The zero-order valence-electron chi connectivity index (χ0n) is 11.4. The van der Waals surface area contributed by atoms with Gasteiger partial charge in [0, 0.05) is 25.2 Å². The Morgan fingerprint density at radius 1 is 1.37 bits per heavy atom. The lowest BCUT2D eigenvalue weighted by Crippen LogP contribution is -2.26. The van der Waals surface area contributed by atoms with Crippen LogP contribution in [0.1, 0.15) is 44.4 Å². The van der Waals surface area contributed by atoms with Crippen molar-refractivity contribution < 1.29 is 13.2 Å². The van der Waals surface area contributed by atoms with Gasteiger partial charge in [0.25, 0.3) is 0 Å². The normalized spacial score (nSPS) is 13.5. The van der Waals surface area contributed by atoms with Gasteiger partial charge >= 0.3 is 6.18 Å². The van der Waals surface area contributed by atoms with Crippen molar-refractivity contribution in [3.8, 4) is 0 Å². The first-order valence-electron chi connectivity index (χ1n) is 6.65. The summed E-state index contributed by atoms with van der Waals surface area (Å²) in [6.45, 7) is 4.58. The van der Waals surface area contributed by atoms with E-state index in [0.29, 0.717) is 13.0 Å². The summed E-state index contributed by atoms with van der Waals surface area (Å²) in [7, 11) is 0. The Bertz CT molecular complexity index is 377. The highest BCUT2D eigenvalue weighted by molar-refractivity contribution is 5.19. The number of rotatable bonds is 7. The Balaban J connectivity index is 2.32. The number of halogens is 3. The van der Waals surface area contributed by atoms with Crippen LogP contribution in [0.4, 0.5) is 13.2 Å². The molecule has 19 heavy (non-hydrogen) atoms. The van der Waals surface area contributed by atoms with Crippen molar-refractivity contribution in [2.45, 2.75) is 58.3 Å². The van der Waals surface area contributed by atoms with E-state index in [9.17, 15) is 13.2 Å². The molecule has 0 fully saturated rings. The molecule has 0 aromatic carbocycles. The average molecular weight is 274 g/mol. The quantitative estimate of drug-likeness (QED) is 0.816. The summed E-state index contributed by atoms with van der Waals surface area (Å²) in [4.78, 5) is 4.30. The van der Waals surface area contributed by atoms with Crippen LogP contribution in [-0.4, -0.2) is 17.2 Å².